The standard InChI is InChI=1S/C19H18INO7/c20-9-2-1-6-3-7-4-8-5-10(22)13(18(21)27)17(26)19(8,28)16(25)12(7)15(24)11(6)14(9)23/h1-2,7-8,10,13,22-24,28H,3-5H2,(H2,21,27)/t7-,8-,10?,13?,19-/m0/s1. The van der Waals surface area contributed by atoms with Gasteiger partial charge in [-0.25, -0.2) is 0 Å². The number of rotatable bonds is 1. The molecule has 9 heteroatoms. The lowest BCUT2D eigenvalue weighted by Gasteiger charge is -2.48. The topological polar surface area (TPSA) is 158 Å². The Kier molecular flexibility index (Phi) is 4.32. The van der Waals surface area contributed by atoms with E-state index in [9.17, 15) is 34.8 Å². The van der Waals surface area contributed by atoms with Crippen molar-refractivity contribution in [3.05, 3.63) is 32.4 Å². The minimum atomic E-state index is -2.53. The van der Waals surface area contributed by atoms with Crippen LogP contribution in [0.4, 0.5) is 0 Å². The lowest BCUT2D eigenvalue weighted by atomic mass is 9.56. The summed E-state index contributed by atoms with van der Waals surface area (Å²) in [6.07, 6.45) is -0.996. The number of fused-ring (bicyclic) bond motifs is 3. The first kappa shape index (κ1) is 19.3. The molecule has 0 bridgehead atoms. The van der Waals surface area contributed by atoms with Crippen LogP contribution < -0.4 is 5.73 Å². The maximum atomic E-state index is 13.2. The van der Waals surface area contributed by atoms with Crippen molar-refractivity contribution >= 4 is 45.8 Å². The smallest absolute Gasteiger partial charge is 0.230 e. The molecule has 5 atom stereocenters. The summed E-state index contributed by atoms with van der Waals surface area (Å²) in [5.74, 6) is -6.93. The molecule has 1 amide bonds. The molecular formula is C19H18INO7. The van der Waals surface area contributed by atoms with Gasteiger partial charge in [-0.2, -0.15) is 0 Å². The Labute approximate surface area is 173 Å². The zero-order chi connectivity index (χ0) is 20.5. The van der Waals surface area contributed by atoms with Crippen LogP contribution in [0.25, 0.3) is 5.76 Å². The Hall–Kier alpha value is -1.98. The number of halogens is 1. The van der Waals surface area contributed by atoms with Crippen LogP contribution in [-0.2, 0) is 20.8 Å². The fourth-order valence-corrected chi connectivity index (χ4v) is 5.32. The van der Waals surface area contributed by atoms with E-state index in [1.165, 1.54) is 0 Å². The van der Waals surface area contributed by atoms with Gasteiger partial charge in [0.1, 0.15) is 17.4 Å². The number of phenolic OH excluding ortho intramolecular Hbond substituents is 1. The molecule has 2 fully saturated rings. The van der Waals surface area contributed by atoms with Crippen LogP contribution in [0.5, 0.6) is 5.75 Å². The minimum Gasteiger partial charge on any atom is -0.507 e. The molecule has 0 spiro atoms. The number of aliphatic hydroxyl groups excluding tert-OH is 2. The summed E-state index contributed by atoms with van der Waals surface area (Å²) in [7, 11) is 0. The van der Waals surface area contributed by atoms with E-state index in [1.54, 1.807) is 12.1 Å². The Morgan fingerprint density at radius 2 is 1.89 bits per heavy atom. The van der Waals surface area contributed by atoms with Crippen LogP contribution in [-0.4, -0.2) is 49.6 Å². The highest BCUT2D eigenvalue weighted by Gasteiger charge is 2.63. The van der Waals surface area contributed by atoms with Gasteiger partial charge < -0.3 is 26.2 Å². The second kappa shape index (κ2) is 6.26. The van der Waals surface area contributed by atoms with Gasteiger partial charge in [-0.3, -0.25) is 14.4 Å². The molecular weight excluding hydrogens is 481 g/mol. The third kappa shape index (κ3) is 2.39. The molecule has 148 valence electrons. The van der Waals surface area contributed by atoms with Crippen LogP contribution in [0.3, 0.4) is 0 Å². The number of carbonyl (C=O) groups is 3. The van der Waals surface area contributed by atoms with Crippen molar-refractivity contribution in [3.63, 3.8) is 0 Å². The highest BCUT2D eigenvalue weighted by Crippen LogP contribution is 2.51. The van der Waals surface area contributed by atoms with E-state index in [1.807, 2.05) is 22.6 Å². The number of benzene rings is 1. The van der Waals surface area contributed by atoms with Crippen LogP contribution in [0.2, 0.25) is 0 Å². The van der Waals surface area contributed by atoms with Crippen molar-refractivity contribution in [1.29, 1.82) is 0 Å². The maximum absolute atomic E-state index is 13.2. The highest BCUT2D eigenvalue weighted by atomic mass is 127. The molecule has 0 saturated heterocycles. The summed E-state index contributed by atoms with van der Waals surface area (Å²) in [5, 5.41) is 42.4. The molecule has 1 aromatic rings. The van der Waals surface area contributed by atoms with Gasteiger partial charge in [-0.15, -0.1) is 0 Å². The van der Waals surface area contributed by atoms with Gasteiger partial charge in [0, 0.05) is 11.5 Å². The zero-order valence-electron chi connectivity index (χ0n) is 14.6. The van der Waals surface area contributed by atoms with Crippen molar-refractivity contribution in [3.8, 4) is 5.75 Å². The Balaban J connectivity index is 1.87. The Bertz CT molecular complexity index is 971. The third-order valence-corrected chi connectivity index (χ3v) is 7.08. The average Bonchev–Trinajstić information content (AvgIpc) is 2.61. The normalized spacial score (nSPS) is 34.5. The largest absolute Gasteiger partial charge is 0.507 e. The van der Waals surface area contributed by atoms with Crippen molar-refractivity contribution < 1.29 is 34.8 Å². The van der Waals surface area contributed by atoms with E-state index in [0.717, 1.165) is 0 Å². The molecule has 0 aromatic heterocycles. The van der Waals surface area contributed by atoms with E-state index in [-0.39, 0.29) is 29.7 Å². The minimum absolute atomic E-state index is 0.114. The lowest BCUT2D eigenvalue weighted by Crippen LogP contribution is -2.66. The number of aromatic hydroxyl groups is 1. The Morgan fingerprint density at radius 1 is 1.21 bits per heavy atom. The SMILES string of the molecule is NC(=O)C1C(=O)[C@@]2(O)C(=O)C3=C(O)c4c(ccc(I)c4O)C[C@H]3C[C@H]2CC1O. The van der Waals surface area contributed by atoms with Gasteiger partial charge in [0.05, 0.1) is 15.2 Å². The van der Waals surface area contributed by atoms with E-state index in [0.29, 0.717) is 15.6 Å². The quantitative estimate of drug-likeness (QED) is 0.273. The molecule has 8 nitrogen and oxygen atoms in total. The molecule has 0 aliphatic heterocycles. The van der Waals surface area contributed by atoms with Gasteiger partial charge in [0.25, 0.3) is 0 Å². The van der Waals surface area contributed by atoms with Crippen molar-refractivity contribution in [2.24, 2.45) is 23.5 Å². The number of phenols is 1. The first-order valence-corrected chi connectivity index (χ1v) is 9.89. The molecule has 2 unspecified atom stereocenters. The fourth-order valence-electron chi connectivity index (χ4n) is 4.87. The first-order valence-electron chi connectivity index (χ1n) is 8.81. The second-order valence-corrected chi connectivity index (χ2v) is 8.83. The molecule has 2 saturated carbocycles. The first-order chi connectivity index (χ1) is 13.1. The van der Waals surface area contributed by atoms with E-state index in [2.05, 4.69) is 0 Å². The van der Waals surface area contributed by atoms with Crippen molar-refractivity contribution in [1.82, 2.24) is 0 Å². The number of hydrogen-bond donors (Lipinski definition) is 5. The van der Waals surface area contributed by atoms with Crippen molar-refractivity contribution in [2.75, 3.05) is 0 Å². The highest BCUT2D eigenvalue weighted by molar-refractivity contribution is 14.1. The van der Waals surface area contributed by atoms with Crippen LogP contribution in [0.15, 0.2) is 17.7 Å². The van der Waals surface area contributed by atoms with Gasteiger partial charge in [0.2, 0.25) is 11.7 Å². The molecule has 0 heterocycles. The summed E-state index contributed by atoms with van der Waals surface area (Å²) < 4.78 is 0.479. The number of Topliss-reactive ketones (excluding diaryl/α,β-unsaturated/α-hetero) is 2. The van der Waals surface area contributed by atoms with Crippen LogP contribution in [0, 0.1) is 21.3 Å². The molecule has 28 heavy (non-hydrogen) atoms. The maximum Gasteiger partial charge on any atom is 0.230 e. The summed E-state index contributed by atoms with van der Waals surface area (Å²) in [4.78, 5) is 37.6. The monoisotopic (exact) mass is 499 g/mol. The van der Waals surface area contributed by atoms with Gasteiger partial charge >= 0.3 is 0 Å². The molecule has 1 aromatic carbocycles. The summed E-state index contributed by atoms with van der Waals surface area (Å²) >= 11 is 1.89. The lowest BCUT2D eigenvalue weighted by molar-refractivity contribution is -0.174. The number of amides is 1. The second-order valence-electron chi connectivity index (χ2n) is 7.67. The Morgan fingerprint density at radius 3 is 2.54 bits per heavy atom. The average molecular weight is 499 g/mol. The molecule has 6 N–H and O–H groups in total. The van der Waals surface area contributed by atoms with Crippen LogP contribution >= 0.6 is 22.6 Å². The fraction of sp³-hybridized carbons (Fsp3) is 0.421. The molecule has 4 rings (SSSR count). The predicted molar refractivity (Wildman–Crippen MR) is 104 cm³/mol. The number of nitrogens with two attached hydrogens (primary N) is 1. The number of hydrogen-bond acceptors (Lipinski definition) is 7. The summed E-state index contributed by atoms with van der Waals surface area (Å²) in [6.45, 7) is 0. The van der Waals surface area contributed by atoms with E-state index in [4.69, 9.17) is 5.73 Å². The van der Waals surface area contributed by atoms with Crippen molar-refractivity contribution in [2.45, 2.75) is 31.0 Å². The number of primary amides is 1. The molecule has 3 aliphatic carbocycles. The van der Waals surface area contributed by atoms with Gasteiger partial charge in [-0.05, 0) is 59.4 Å². The van der Waals surface area contributed by atoms with Crippen LogP contribution in [0.1, 0.15) is 24.0 Å². The molecule has 3 aliphatic rings. The summed E-state index contributed by atoms with van der Waals surface area (Å²) in [6, 6.07) is 3.44. The number of carbonyl (C=O) groups excluding carboxylic acids is 3. The zero-order valence-corrected chi connectivity index (χ0v) is 16.7. The van der Waals surface area contributed by atoms with Gasteiger partial charge in [-0.1, -0.05) is 6.07 Å². The number of aliphatic hydroxyl groups is 3. The predicted octanol–water partition coefficient (Wildman–Crippen LogP) is 0.193. The number of ketones is 2. The molecule has 0 radical (unpaired) electrons. The van der Waals surface area contributed by atoms with Gasteiger partial charge in [0.15, 0.2) is 11.4 Å². The third-order valence-electron chi connectivity index (χ3n) is 6.21. The summed E-state index contributed by atoms with van der Waals surface area (Å²) in [5.41, 5.74) is 3.30. The van der Waals surface area contributed by atoms with E-state index >= 15 is 0 Å². The van der Waals surface area contributed by atoms with E-state index < -0.39 is 52.7 Å².